The largest absolute Gasteiger partial charge is 0.374 e. The molecule has 0 bridgehead atoms. The van der Waals surface area contributed by atoms with Crippen LogP contribution in [0.1, 0.15) is 19.4 Å². The van der Waals surface area contributed by atoms with E-state index >= 15 is 0 Å². The fourth-order valence-corrected chi connectivity index (χ4v) is 1.62. The normalized spacial score (nSPS) is 10.1. The SMILES string of the molecule is CCN(CC)C(=O)CNc1ccc(C)cc1F. The Bertz CT molecular complexity index is 389. The molecule has 94 valence electrons. The lowest BCUT2D eigenvalue weighted by atomic mass is 10.2. The van der Waals surface area contributed by atoms with E-state index in [-0.39, 0.29) is 18.3 Å². The van der Waals surface area contributed by atoms with E-state index in [0.29, 0.717) is 18.8 Å². The monoisotopic (exact) mass is 238 g/mol. The van der Waals surface area contributed by atoms with Crippen LogP contribution >= 0.6 is 0 Å². The maximum atomic E-state index is 13.5. The van der Waals surface area contributed by atoms with E-state index < -0.39 is 0 Å². The predicted molar refractivity (Wildman–Crippen MR) is 67.6 cm³/mol. The van der Waals surface area contributed by atoms with E-state index in [9.17, 15) is 9.18 Å². The maximum Gasteiger partial charge on any atom is 0.241 e. The number of likely N-dealkylation sites (N-methyl/N-ethyl adjacent to an activating group) is 1. The van der Waals surface area contributed by atoms with Gasteiger partial charge in [-0.2, -0.15) is 0 Å². The average Bonchev–Trinajstić information content (AvgIpc) is 2.29. The molecular formula is C13H19FN2O. The van der Waals surface area contributed by atoms with Gasteiger partial charge in [-0.3, -0.25) is 4.79 Å². The number of hydrogen-bond acceptors (Lipinski definition) is 2. The first-order valence-electron chi connectivity index (χ1n) is 5.86. The van der Waals surface area contributed by atoms with Crippen LogP contribution in [0.25, 0.3) is 0 Å². The molecule has 0 atom stereocenters. The Morgan fingerprint density at radius 3 is 2.53 bits per heavy atom. The summed E-state index contributed by atoms with van der Waals surface area (Å²) in [6.45, 7) is 7.15. The predicted octanol–water partition coefficient (Wildman–Crippen LogP) is 2.41. The molecule has 0 radical (unpaired) electrons. The van der Waals surface area contributed by atoms with Gasteiger partial charge in [-0.05, 0) is 38.5 Å². The highest BCUT2D eigenvalue weighted by atomic mass is 19.1. The number of hydrogen-bond donors (Lipinski definition) is 1. The number of carbonyl (C=O) groups is 1. The Balaban J connectivity index is 2.58. The first kappa shape index (κ1) is 13.5. The lowest BCUT2D eigenvalue weighted by molar-refractivity contribution is -0.128. The van der Waals surface area contributed by atoms with Crippen molar-refractivity contribution in [2.45, 2.75) is 20.8 Å². The van der Waals surface area contributed by atoms with Crippen molar-refractivity contribution in [1.29, 1.82) is 0 Å². The zero-order valence-corrected chi connectivity index (χ0v) is 10.6. The summed E-state index contributed by atoms with van der Waals surface area (Å²) in [5.74, 6) is -0.340. The second kappa shape index (κ2) is 6.23. The zero-order chi connectivity index (χ0) is 12.8. The van der Waals surface area contributed by atoms with Gasteiger partial charge >= 0.3 is 0 Å². The smallest absolute Gasteiger partial charge is 0.241 e. The van der Waals surface area contributed by atoms with Crippen molar-refractivity contribution in [3.8, 4) is 0 Å². The Kier molecular flexibility index (Phi) is 4.94. The van der Waals surface area contributed by atoms with Gasteiger partial charge in [0.05, 0.1) is 12.2 Å². The number of anilines is 1. The van der Waals surface area contributed by atoms with Gasteiger partial charge in [-0.15, -0.1) is 0 Å². The van der Waals surface area contributed by atoms with Crippen molar-refractivity contribution in [3.63, 3.8) is 0 Å². The third kappa shape index (κ3) is 3.73. The summed E-state index contributed by atoms with van der Waals surface area (Å²) in [5.41, 5.74) is 1.24. The number of amides is 1. The number of nitrogens with one attached hydrogen (secondary N) is 1. The van der Waals surface area contributed by atoms with E-state index in [1.807, 2.05) is 26.8 Å². The van der Waals surface area contributed by atoms with Crippen LogP contribution in [0, 0.1) is 12.7 Å². The number of halogens is 1. The fourth-order valence-electron chi connectivity index (χ4n) is 1.62. The quantitative estimate of drug-likeness (QED) is 0.854. The Labute approximate surface area is 102 Å². The van der Waals surface area contributed by atoms with Gasteiger partial charge < -0.3 is 10.2 Å². The Morgan fingerprint density at radius 1 is 1.35 bits per heavy atom. The molecule has 0 aromatic heterocycles. The summed E-state index contributed by atoms with van der Waals surface area (Å²) in [5, 5.41) is 2.82. The van der Waals surface area contributed by atoms with Crippen LogP contribution in [-0.4, -0.2) is 30.4 Å². The van der Waals surface area contributed by atoms with Gasteiger partial charge in [0.15, 0.2) is 0 Å². The highest BCUT2D eigenvalue weighted by Crippen LogP contribution is 2.14. The minimum absolute atomic E-state index is 0.0185. The minimum atomic E-state index is -0.322. The second-order valence-corrected chi connectivity index (χ2v) is 3.90. The summed E-state index contributed by atoms with van der Waals surface area (Å²) < 4.78 is 13.5. The van der Waals surface area contributed by atoms with Gasteiger partial charge in [0.25, 0.3) is 0 Å². The fraction of sp³-hybridized carbons (Fsp3) is 0.462. The number of aryl methyl sites for hydroxylation is 1. The van der Waals surface area contributed by atoms with Crippen LogP contribution in [0.5, 0.6) is 0 Å². The number of rotatable bonds is 5. The molecule has 0 saturated carbocycles. The molecule has 1 aromatic carbocycles. The summed E-state index contributed by atoms with van der Waals surface area (Å²) in [6, 6.07) is 4.91. The molecule has 4 heteroatoms. The molecule has 0 aliphatic rings. The Morgan fingerprint density at radius 2 is 2.00 bits per heavy atom. The molecule has 17 heavy (non-hydrogen) atoms. The molecule has 0 heterocycles. The Hall–Kier alpha value is -1.58. The van der Waals surface area contributed by atoms with E-state index in [1.165, 1.54) is 6.07 Å². The van der Waals surface area contributed by atoms with Crippen LogP contribution < -0.4 is 5.32 Å². The van der Waals surface area contributed by atoms with Crippen molar-refractivity contribution in [2.24, 2.45) is 0 Å². The van der Waals surface area contributed by atoms with Crippen molar-refractivity contribution in [3.05, 3.63) is 29.6 Å². The number of benzene rings is 1. The van der Waals surface area contributed by atoms with Gasteiger partial charge in [0, 0.05) is 13.1 Å². The van der Waals surface area contributed by atoms with Gasteiger partial charge in [-0.1, -0.05) is 6.07 Å². The molecule has 0 aliphatic carbocycles. The molecule has 1 aromatic rings. The highest BCUT2D eigenvalue weighted by molar-refractivity contribution is 5.80. The van der Waals surface area contributed by atoms with Crippen LogP contribution in [-0.2, 0) is 4.79 Å². The molecular weight excluding hydrogens is 219 g/mol. The van der Waals surface area contributed by atoms with Crippen LogP contribution in [0.4, 0.5) is 10.1 Å². The third-order valence-corrected chi connectivity index (χ3v) is 2.67. The van der Waals surface area contributed by atoms with Gasteiger partial charge in [-0.25, -0.2) is 4.39 Å². The molecule has 0 unspecified atom stereocenters. The molecule has 1 N–H and O–H groups in total. The van der Waals surface area contributed by atoms with Gasteiger partial charge in [0.1, 0.15) is 5.82 Å². The summed E-state index contributed by atoms with van der Waals surface area (Å²) in [4.78, 5) is 13.4. The van der Waals surface area contributed by atoms with Gasteiger partial charge in [0.2, 0.25) is 5.91 Å². The minimum Gasteiger partial charge on any atom is -0.374 e. The van der Waals surface area contributed by atoms with Crippen LogP contribution in [0.15, 0.2) is 18.2 Å². The lowest BCUT2D eigenvalue weighted by Gasteiger charge is -2.19. The first-order valence-corrected chi connectivity index (χ1v) is 5.86. The van der Waals surface area contributed by atoms with Crippen LogP contribution in [0.3, 0.4) is 0 Å². The molecule has 0 saturated heterocycles. The highest BCUT2D eigenvalue weighted by Gasteiger charge is 2.10. The summed E-state index contributed by atoms with van der Waals surface area (Å²) in [6.07, 6.45) is 0. The third-order valence-electron chi connectivity index (χ3n) is 2.67. The zero-order valence-electron chi connectivity index (χ0n) is 10.6. The van der Waals surface area contributed by atoms with Crippen molar-refractivity contribution in [2.75, 3.05) is 25.0 Å². The summed E-state index contributed by atoms with van der Waals surface area (Å²) >= 11 is 0. The van der Waals surface area contributed by atoms with Crippen molar-refractivity contribution < 1.29 is 9.18 Å². The molecule has 0 fully saturated rings. The van der Waals surface area contributed by atoms with Crippen molar-refractivity contribution in [1.82, 2.24) is 4.90 Å². The lowest BCUT2D eigenvalue weighted by Crippen LogP contribution is -2.35. The van der Waals surface area contributed by atoms with E-state index in [2.05, 4.69) is 5.32 Å². The molecule has 0 spiro atoms. The number of carbonyl (C=O) groups excluding carboxylic acids is 1. The molecule has 3 nitrogen and oxygen atoms in total. The molecule has 0 aliphatic heterocycles. The maximum absolute atomic E-state index is 13.5. The topological polar surface area (TPSA) is 32.3 Å². The van der Waals surface area contributed by atoms with E-state index in [0.717, 1.165) is 5.56 Å². The van der Waals surface area contributed by atoms with E-state index in [4.69, 9.17) is 0 Å². The van der Waals surface area contributed by atoms with Crippen LogP contribution in [0.2, 0.25) is 0 Å². The average molecular weight is 238 g/mol. The molecule has 1 amide bonds. The molecule has 1 rings (SSSR count). The summed E-state index contributed by atoms with van der Waals surface area (Å²) in [7, 11) is 0. The first-order chi connectivity index (χ1) is 8.08. The standard InChI is InChI=1S/C13H19FN2O/c1-4-16(5-2)13(17)9-15-12-7-6-10(3)8-11(12)14/h6-8,15H,4-5,9H2,1-3H3. The number of nitrogens with zero attached hydrogens (tertiary/aromatic N) is 1. The van der Waals surface area contributed by atoms with E-state index in [1.54, 1.807) is 11.0 Å². The second-order valence-electron chi connectivity index (χ2n) is 3.90. The van der Waals surface area contributed by atoms with Crippen molar-refractivity contribution >= 4 is 11.6 Å².